The first-order chi connectivity index (χ1) is 10.3. The number of rotatable bonds is 5. The van der Waals surface area contributed by atoms with Crippen LogP contribution in [0, 0.1) is 0 Å². The predicted molar refractivity (Wildman–Crippen MR) is 82.0 cm³/mol. The van der Waals surface area contributed by atoms with Crippen LogP contribution in [-0.2, 0) is 9.47 Å². The lowest BCUT2D eigenvalue weighted by Crippen LogP contribution is -2.39. The van der Waals surface area contributed by atoms with Crippen LogP contribution in [0.1, 0.15) is 6.42 Å². The van der Waals surface area contributed by atoms with Gasteiger partial charge < -0.3 is 19.5 Å². The van der Waals surface area contributed by atoms with Crippen molar-refractivity contribution < 1.29 is 14.2 Å². The average molecular weight is 288 g/mol. The molecule has 0 aliphatic carbocycles. The minimum atomic E-state index is -0.261. The smallest absolute Gasteiger partial charge is 0.134 e. The summed E-state index contributed by atoms with van der Waals surface area (Å²) in [6.07, 6.45) is 2.70. The molecule has 5 nitrogen and oxygen atoms in total. The molecule has 5 heteroatoms. The normalized spacial score (nSPS) is 21.6. The lowest BCUT2D eigenvalue weighted by molar-refractivity contribution is -0.00623. The molecule has 1 unspecified atom stereocenters. The minimum Gasteiger partial charge on any atom is -0.497 e. The van der Waals surface area contributed by atoms with Crippen LogP contribution in [0.5, 0.6) is 5.75 Å². The van der Waals surface area contributed by atoms with Crippen molar-refractivity contribution in [3.63, 3.8) is 0 Å². The number of aromatic nitrogens is 1. The van der Waals surface area contributed by atoms with Gasteiger partial charge in [-0.05, 0) is 23.6 Å². The molecule has 2 aromatic rings. The predicted octanol–water partition coefficient (Wildman–Crippen LogP) is 2.46. The quantitative estimate of drug-likeness (QED) is 0.916. The van der Waals surface area contributed by atoms with E-state index in [1.54, 1.807) is 14.2 Å². The largest absolute Gasteiger partial charge is 0.497 e. The Balaban J connectivity index is 1.86. The summed E-state index contributed by atoms with van der Waals surface area (Å²) in [7, 11) is 3.40. The fourth-order valence-corrected chi connectivity index (χ4v) is 2.62. The van der Waals surface area contributed by atoms with Crippen molar-refractivity contribution in [3.05, 3.63) is 30.5 Å². The Labute approximate surface area is 124 Å². The van der Waals surface area contributed by atoms with E-state index in [0.717, 1.165) is 35.4 Å². The molecule has 0 amide bonds. The number of methoxy groups -OCH3 is 2. The Hall–Kier alpha value is -1.85. The summed E-state index contributed by atoms with van der Waals surface area (Å²) in [6, 6.07) is 7.97. The van der Waals surface area contributed by atoms with Gasteiger partial charge in [-0.2, -0.15) is 0 Å². The third-order valence-electron chi connectivity index (χ3n) is 4.05. The van der Waals surface area contributed by atoms with Gasteiger partial charge >= 0.3 is 0 Å². The Morgan fingerprint density at radius 2 is 2.24 bits per heavy atom. The molecule has 1 fully saturated rings. The van der Waals surface area contributed by atoms with Crippen LogP contribution in [0.15, 0.2) is 30.5 Å². The second-order valence-corrected chi connectivity index (χ2v) is 5.29. The number of hydrogen-bond donors (Lipinski definition) is 1. The van der Waals surface area contributed by atoms with Crippen LogP contribution in [-0.4, -0.2) is 44.6 Å². The molecule has 0 bridgehead atoms. The first kappa shape index (κ1) is 14.1. The van der Waals surface area contributed by atoms with E-state index >= 15 is 0 Å². The highest BCUT2D eigenvalue weighted by molar-refractivity contribution is 5.92. The summed E-state index contributed by atoms with van der Waals surface area (Å²) in [5.41, 5.74) is -0.261. The van der Waals surface area contributed by atoms with Gasteiger partial charge in [0.2, 0.25) is 0 Å². The molecule has 0 radical (unpaired) electrons. The maximum atomic E-state index is 5.64. The summed E-state index contributed by atoms with van der Waals surface area (Å²) in [4.78, 5) is 4.45. The standard InChI is InChI=1S/C16H20N2O3/c1-19-13-4-3-12-5-7-17-15(14(12)9-13)18-10-16(20-2)6-8-21-11-16/h3-5,7,9H,6,8,10-11H2,1-2H3,(H,17,18). The molecule has 3 rings (SSSR count). The number of hydrogen-bond acceptors (Lipinski definition) is 5. The fourth-order valence-electron chi connectivity index (χ4n) is 2.62. The van der Waals surface area contributed by atoms with Crippen LogP contribution in [0.2, 0.25) is 0 Å². The molecule has 1 atom stereocenters. The van der Waals surface area contributed by atoms with Crippen LogP contribution in [0.25, 0.3) is 10.8 Å². The van der Waals surface area contributed by atoms with Gasteiger partial charge in [-0.1, -0.05) is 6.07 Å². The molecule has 1 saturated heterocycles. The van der Waals surface area contributed by atoms with E-state index in [-0.39, 0.29) is 5.60 Å². The van der Waals surface area contributed by atoms with Gasteiger partial charge in [-0.25, -0.2) is 4.98 Å². The van der Waals surface area contributed by atoms with Gasteiger partial charge in [-0.3, -0.25) is 0 Å². The SMILES string of the molecule is COc1ccc2ccnc(NCC3(OC)CCOC3)c2c1. The van der Waals surface area contributed by atoms with E-state index in [1.807, 2.05) is 30.5 Å². The molecule has 0 spiro atoms. The number of nitrogens with one attached hydrogen (secondary N) is 1. The molecule has 1 aliphatic heterocycles. The average Bonchev–Trinajstić information content (AvgIpc) is 3.02. The van der Waals surface area contributed by atoms with Crippen molar-refractivity contribution in [1.29, 1.82) is 0 Å². The summed E-state index contributed by atoms with van der Waals surface area (Å²) in [5.74, 6) is 1.67. The number of pyridine rings is 1. The minimum absolute atomic E-state index is 0.261. The highest BCUT2D eigenvalue weighted by Gasteiger charge is 2.34. The van der Waals surface area contributed by atoms with Gasteiger partial charge in [0.25, 0.3) is 0 Å². The van der Waals surface area contributed by atoms with Crippen molar-refractivity contribution >= 4 is 16.6 Å². The van der Waals surface area contributed by atoms with Gasteiger partial charge in [0.15, 0.2) is 0 Å². The van der Waals surface area contributed by atoms with E-state index in [9.17, 15) is 0 Å². The molecule has 1 N–H and O–H groups in total. The summed E-state index contributed by atoms with van der Waals surface area (Å²) < 4.78 is 16.4. The highest BCUT2D eigenvalue weighted by atomic mass is 16.5. The first-order valence-corrected chi connectivity index (χ1v) is 7.06. The zero-order chi connectivity index (χ0) is 14.7. The first-order valence-electron chi connectivity index (χ1n) is 7.06. The Morgan fingerprint density at radius 3 is 2.95 bits per heavy atom. The molecule has 1 aliphatic rings. The monoisotopic (exact) mass is 288 g/mol. The van der Waals surface area contributed by atoms with Crippen molar-refractivity contribution in [2.45, 2.75) is 12.0 Å². The van der Waals surface area contributed by atoms with Crippen molar-refractivity contribution in [2.75, 3.05) is 39.3 Å². The molecule has 112 valence electrons. The van der Waals surface area contributed by atoms with Crippen LogP contribution >= 0.6 is 0 Å². The molecule has 21 heavy (non-hydrogen) atoms. The van der Waals surface area contributed by atoms with E-state index in [4.69, 9.17) is 14.2 Å². The Bertz CT molecular complexity index is 624. The number of fused-ring (bicyclic) bond motifs is 1. The molecular weight excluding hydrogens is 268 g/mol. The van der Waals surface area contributed by atoms with Crippen LogP contribution in [0.3, 0.4) is 0 Å². The third-order valence-corrected chi connectivity index (χ3v) is 4.05. The van der Waals surface area contributed by atoms with Crippen molar-refractivity contribution in [2.24, 2.45) is 0 Å². The molecule has 2 heterocycles. The van der Waals surface area contributed by atoms with Gasteiger partial charge in [0.1, 0.15) is 17.2 Å². The molecule has 1 aromatic carbocycles. The summed E-state index contributed by atoms with van der Waals surface area (Å²) >= 11 is 0. The maximum Gasteiger partial charge on any atom is 0.134 e. The number of benzene rings is 1. The second kappa shape index (κ2) is 5.87. The summed E-state index contributed by atoms with van der Waals surface area (Å²) in [5, 5.41) is 5.57. The van der Waals surface area contributed by atoms with E-state index in [1.165, 1.54) is 0 Å². The third kappa shape index (κ3) is 2.80. The van der Waals surface area contributed by atoms with Gasteiger partial charge in [0, 0.05) is 38.3 Å². The maximum absolute atomic E-state index is 5.64. The fraction of sp³-hybridized carbons (Fsp3) is 0.438. The van der Waals surface area contributed by atoms with Crippen LogP contribution < -0.4 is 10.1 Å². The lowest BCUT2D eigenvalue weighted by Gasteiger charge is -2.26. The number of ether oxygens (including phenoxy) is 3. The van der Waals surface area contributed by atoms with Gasteiger partial charge in [-0.15, -0.1) is 0 Å². The summed E-state index contributed by atoms with van der Waals surface area (Å²) in [6.45, 7) is 2.03. The molecular formula is C16H20N2O3. The number of nitrogens with zero attached hydrogens (tertiary/aromatic N) is 1. The Morgan fingerprint density at radius 1 is 1.33 bits per heavy atom. The zero-order valence-corrected chi connectivity index (χ0v) is 12.4. The highest BCUT2D eigenvalue weighted by Crippen LogP contribution is 2.28. The van der Waals surface area contributed by atoms with E-state index in [0.29, 0.717) is 13.2 Å². The zero-order valence-electron chi connectivity index (χ0n) is 12.4. The topological polar surface area (TPSA) is 52.6 Å². The van der Waals surface area contributed by atoms with E-state index < -0.39 is 0 Å². The van der Waals surface area contributed by atoms with Crippen molar-refractivity contribution in [1.82, 2.24) is 4.98 Å². The second-order valence-electron chi connectivity index (χ2n) is 5.29. The Kier molecular flexibility index (Phi) is 3.94. The lowest BCUT2D eigenvalue weighted by atomic mass is 10.0. The van der Waals surface area contributed by atoms with E-state index in [2.05, 4.69) is 10.3 Å². The molecule has 1 aromatic heterocycles. The van der Waals surface area contributed by atoms with Crippen LogP contribution in [0.4, 0.5) is 5.82 Å². The van der Waals surface area contributed by atoms with Crippen molar-refractivity contribution in [3.8, 4) is 5.75 Å². The number of anilines is 1. The van der Waals surface area contributed by atoms with Gasteiger partial charge in [0.05, 0.1) is 13.7 Å². The molecule has 0 saturated carbocycles.